The molecule has 1 heterocycles. The molecule has 44 heavy (non-hydrogen) atoms. The van der Waals surface area contributed by atoms with Crippen molar-refractivity contribution in [1.82, 2.24) is 4.98 Å². The predicted molar refractivity (Wildman–Crippen MR) is 167 cm³/mol. The number of aromatic nitrogens is 1. The molecule has 4 aromatic rings. The number of hydrogen-bond donors (Lipinski definition) is 1. The van der Waals surface area contributed by atoms with E-state index in [2.05, 4.69) is 11.1 Å². The molecular formula is C37H39F3IrNO2-. The van der Waals surface area contributed by atoms with Gasteiger partial charge in [0.15, 0.2) is 5.78 Å². The number of alkyl halides is 3. The predicted octanol–water partition coefficient (Wildman–Crippen LogP) is 10.6. The van der Waals surface area contributed by atoms with Crippen LogP contribution < -0.4 is 0 Å². The Hall–Kier alpha value is -3.02. The standard InChI is InChI=1S/C22H15F3N.C15H24O2.Ir/c1-13-9-14(2)11-16(10-13)21-19-6-4-15-3-5-17(22(23,24)25)12-20(15)18(19)7-8-26-21;16-14(12-7-3-1-4-8-12)11-15(17)13-9-5-2-6-10-13;/h3-10,12H,1-2H3;11-13,16H,1-10H2;/q-1;;/b;14-11-;. The SMILES string of the molecule is Cc1[c-]c(-c2nccc3c2ccc2ccc(C(F)(F)F)cc23)cc(C)c1.O=C(/C=C(\O)C1CCCCC1)C1CCCCC1.[Ir]. The number of ketones is 1. The van der Waals surface area contributed by atoms with Gasteiger partial charge in [-0.3, -0.25) is 4.79 Å². The fraction of sp³-hybridized carbons (Fsp3) is 0.405. The first-order valence-electron chi connectivity index (χ1n) is 15.4. The summed E-state index contributed by atoms with van der Waals surface area (Å²) < 4.78 is 39.4. The molecule has 235 valence electrons. The zero-order chi connectivity index (χ0) is 30.6. The van der Waals surface area contributed by atoms with E-state index in [1.165, 1.54) is 50.7 Å². The van der Waals surface area contributed by atoms with Crippen molar-refractivity contribution in [2.24, 2.45) is 11.8 Å². The van der Waals surface area contributed by atoms with E-state index in [1.807, 2.05) is 38.1 Å². The monoisotopic (exact) mass is 779 g/mol. The van der Waals surface area contributed by atoms with Crippen molar-refractivity contribution >= 4 is 27.3 Å². The van der Waals surface area contributed by atoms with E-state index in [9.17, 15) is 23.1 Å². The number of aryl methyl sites for hydroxylation is 2. The molecule has 3 nitrogen and oxygen atoms in total. The maximum absolute atomic E-state index is 13.1. The van der Waals surface area contributed by atoms with Gasteiger partial charge in [-0.2, -0.15) is 13.2 Å². The number of hydrogen-bond acceptors (Lipinski definition) is 3. The van der Waals surface area contributed by atoms with Gasteiger partial charge in [0.25, 0.3) is 0 Å². The van der Waals surface area contributed by atoms with Crippen LogP contribution in [-0.2, 0) is 31.1 Å². The molecule has 0 spiro atoms. The molecule has 7 heteroatoms. The molecular weight excluding hydrogens is 740 g/mol. The number of allylic oxidation sites excluding steroid dienone is 2. The average Bonchev–Trinajstić information content (AvgIpc) is 3.00. The Morgan fingerprint density at radius 2 is 1.48 bits per heavy atom. The van der Waals surface area contributed by atoms with Crippen LogP contribution in [0.1, 0.15) is 80.9 Å². The van der Waals surface area contributed by atoms with Crippen molar-refractivity contribution in [2.75, 3.05) is 0 Å². The van der Waals surface area contributed by atoms with E-state index in [-0.39, 0.29) is 37.7 Å². The van der Waals surface area contributed by atoms with Crippen LogP contribution in [0.25, 0.3) is 32.8 Å². The van der Waals surface area contributed by atoms with Crippen LogP contribution in [0.15, 0.2) is 66.6 Å². The van der Waals surface area contributed by atoms with Gasteiger partial charge in [0.1, 0.15) is 0 Å². The summed E-state index contributed by atoms with van der Waals surface area (Å²) in [5, 5.41) is 12.9. The van der Waals surface area contributed by atoms with Crippen molar-refractivity contribution in [3.63, 3.8) is 0 Å². The Kier molecular flexibility index (Phi) is 11.4. The van der Waals surface area contributed by atoms with Crippen molar-refractivity contribution in [3.05, 3.63) is 89.3 Å². The summed E-state index contributed by atoms with van der Waals surface area (Å²) in [6, 6.07) is 16.7. The molecule has 0 saturated heterocycles. The van der Waals surface area contributed by atoms with Gasteiger partial charge in [0.05, 0.1) is 11.3 Å². The molecule has 2 aliphatic carbocycles. The number of aliphatic hydroxyl groups is 1. The zero-order valence-corrected chi connectivity index (χ0v) is 27.7. The molecule has 2 fully saturated rings. The molecule has 0 aliphatic heterocycles. The van der Waals surface area contributed by atoms with E-state index < -0.39 is 11.7 Å². The second kappa shape index (κ2) is 14.8. The van der Waals surface area contributed by atoms with Crippen molar-refractivity contribution in [2.45, 2.75) is 84.2 Å². The number of benzene rings is 3. The molecule has 3 aromatic carbocycles. The van der Waals surface area contributed by atoms with E-state index in [0.29, 0.717) is 11.1 Å². The third-order valence-electron chi connectivity index (χ3n) is 8.81. The van der Waals surface area contributed by atoms with Gasteiger partial charge in [0, 0.05) is 44.2 Å². The van der Waals surface area contributed by atoms with Crippen LogP contribution in [0.3, 0.4) is 0 Å². The Bertz CT molecular complexity index is 1610. The number of carbonyl (C=O) groups excluding carboxylic acids is 1. The second-order valence-corrected chi connectivity index (χ2v) is 12.1. The van der Waals surface area contributed by atoms with Gasteiger partial charge in [-0.15, -0.1) is 34.9 Å². The fourth-order valence-electron chi connectivity index (χ4n) is 6.57. The van der Waals surface area contributed by atoms with Crippen LogP contribution in [0.5, 0.6) is 0 Å². The molecule has 2 aliphatic rings. The number of aliphatic hydroxyl groups excluding tert-OH is 1. The maximum atomic E-state index is 13.1. The Morgan fingerprint density at radius 1 is 0.841 bits per heavy atom. The molecule has 0 bridgehead atoms. The topological polar surface area (TPSA) is 50.2 Å². The molecule has 0 atom stereocenters. The molecule has 1 N–H and O–H groups in total. The third kappa shape index (κ3) is 8.17. The van der Waals surface area contributed by atoms with Gasteiger partial charge in [-0.1, -0.05) is 70.6 Å². The van der Waals surface area contributed by atoms with E-state index >= 15 is 0 Å². The summed E-state index contributed by atoms with van der Waals surface area (Å²) in [6.45, 7) is 3.97. The second-order valence-electron chi connectivity index (χ2n) is 12.1. The summed E-state index contributed by atoms with van der Waals surface area (Å²) in [5.41, 5.74) is 3.02. The van der Waals surface area contributed by atoms with Gasteiger partial charge >= 0.3 is 6.18 Å². The molecule has 6 rings (SSSR count). The summed E-state index contributed by atoms with van der Waals surface area (Å²) in [7, 11) is 0. The largest absolute Gasteiger partial charge is 0.512 e. The molecule has 0 amide bonds. The summed E-state index contributed by atoms with van der Waals surface area (Å²) >= 11 is 0. The van der Waals surface area contributed by atoms with Crippen molar-refractivity contribution < 1.29 is 43.2 Å². The number of pyridine rings is 1. The van der Waals surface area contributed by atoms with Crippen LogP contribution in [0.4, 0.5) is 13.2 Å². The van der Waals surface area contributed by atoms with Crippen LogP contribution in [0.2, 0.25) is 0 Å². The Balaban J connectivity index is 0.000000214. The third-order valence-corrected chi connectivity index (χ3v) is 8.81. The Morgan fingerprint density at radius 3 is 2.11 bits per heavy atom. The quantitative estimate of drug-likeness (QED) is 0.0972. The normalized spacial score (nSPS) is 16.7. The molecule has 1 aromatic heterocycles. The minimum atomic E-state index is -4.37. The molecule has 0 unspecified atom stereocenters. The number of carbonyl (C=O) groups is 1. The molecule has 1 radical (unpaired) electrons. The minimum Gasteiger partial charge on any atom is -0.512 e. The number of fused-ring (bicyclic) bond motifs is 3. The number of rotatable bonds is 4. The van der Waals surface area contributed by atoms with Gasteiger partial charge in [0.2, 0.25) is 0 Å². The fourth-order valence-corrected chi connectivity index (χ4v) is 6.57. The van der Waals surface area contributed by atoms with Crippen molar-refractivity contribution in [1.29, 1.82) is 0 Å². The zero-order valence-electron chi connectivity index (χ0n) is 25.3. The summed E-state index contributed by atoms with van der Waals surface area (Å²) in [6.07, 6.45) is 10.3. The Labute approximate surface area is 271 Å². The van der Waals surface area contributed by atoms with Gasteiger partial charge in [-0.25, -0.2) is 0 Å². The average molecular weight is 779 g/mol. The smallest absolute Gasteiger partial charge is 0.416 e. The minimum absolute atomic E-state index is 0. The van der Waals surface area contributed by atoms with E-state index in [4.69, 9.17) is 0 Å². The first-order chi connectivity index (χ1) is 20.6. The van der Waals surface area contributed by atoms with Crippen LogP contribution in [0, 0.1) is 31.7 Å². The van der Waals surface area contributed by atoms with Crippen LogP contribution in [-0.4, -0.2) is 15.9 Å². The summed E-state index contributed by atoms with van der Waals surface area (Å²) in [4.78, 5) is 16.5. The van der Waals surface area contributed by atoms with Crippen molar-refractivity contribution in [3.8, 4) is 11.3 Å². The maximum Gasteiger partial charge on any atom is 0.416 e. The van der Waals surface area contributed by atoms with Gasteiger partial charge in [-0.05, 0) is 71.1 Å². The molecule has 2 saturated carbocycles. The number of nitrogens with zero attached hydrogens (tertiary/aromatic N) is 1. The van der Waals surface area contributed by atoms with E-state index in [1.54, 1.807) is 18.3 Å². The first kappa shape index (κ1) is 33.9. The summed E-state index contributed by atoms with van der Waals surface area (Å²) in [5.74, 6) is 0.985. The van der Waals surface area contributed by atoms with Crippen LogP contribution >= 0.6 is 0 Å². The number of halogens is 3. The van der Waals surface area contributed by atoms with Gasteiger partial charge < -0.3 is 10.1 Å². The van der Waals surface area contributed by atoms with E-state index in [0.717, 1.165) is 70.3 Å². The first-order valence-corrected chi connectivity index (χ1v) is 15.4.